The number of nitrogens with two attached hydrogens (primary N) is 1. The standard InChI is InChI=1S/C19H24N2O4/c1-23-16-10-9-14(17(24-2)18(16)25-3)12-21-19(22)15(20)11-13-7-5-4-6-8-13/h4-10,15H,11-12,20H2,1-3H3,(H,21,22)/t15-/m0/s1. The highest BCUT2D eigenvalue weighted by atomic mass is 16.5. The van der Waals surface area contributed by atoms with Crippen LogP contribution >= 0.6 is 0 Å². The maximum Gasteiger partial charge on any atom is 0.237 e. The second-order valence-electron chi connectivity index (χ2n) is 5.51. The molecule has 2 aromatic carbocycles. The van der Waals surface area contributed by atoms with E-state index in [1.54, 1.807) is 27.4 Å². The molecular weight excluding hydrogens is 320 g/mol. The van der Waals surface area contributed by atoms with E-state index in [4.69, 9.17) is 19.9 Å². The Morgan fingerprint density at radius 3 is 2.28 bits per heavy atom. The van der Waals surface area contributed by atoms with Crippen molar-refractivity contribution < 1.29 is 19.0 Å². The summed E-state index contributed by atoms with van der Waals surface area (Å²) in [6, 6.07) is 12.7. The zero-order valence-corrected chi connectivity index (χ0v) is 14.7. The van der Waals surface area contributed by atoms with Gasteiger partial charge in [0.2, 0.25) is 11.7 Å². The number of ether oxygens (including phenoxy) is 3. The van der Waals surface area contributed by atoms with Gasteiger partial charge in [-0.15, -0.1) is 0 Å². The van der Waals surface area contributed by atoms with E-state index in [-0.39, 0.29) is 12.5 Å². The minimum Gasteiger partial charge on any atom is -0.493 e. The summed E-state index contributed by atoms with van der Waals surface area (Å²) in [7, 11) is 4.64. The number of rotatable bonds is 8. The first-order valence-corrected chi connectivity index (χ1v) is 7.95. The molecule has 0 saturated carbocycles. The lowest BCUT2D eigenvalue weighted by Gasteiger charge is -2.17. The van der Waals surface area contributed by atoms with E-state index in [2.05, 4.69) is 5.32 Å². The topological polar surface area (TPSA) is 82.8 Å². The molecule has 1 atom stereocenters. The molecule has 0 heterocycles. The maximum absolute atomic E-state index is 12.3. The van der Waals surface area contributed by atoms with Gasteiger partial charge in [-0.1, -0.05) is 30.3 Å². The van der Waals surface area contributed by atoms with E-state index in [1.807, 2.05) is 36.4 Å². The zero-order valence-electron chi connectivity index (χ0n) is 14.7. The van der Waals surface area contributed by atoms with Crippen LogP contribution in [0.5, 0.6) is 17.2 Å². The summed E-state index contributed by atoms with van der Waals surface area (Å²) in [4.78, 5) is 12.3. The molecule has 0 bridgehead atoms. The fourth-order valence-electron chi connectivity index (χ4n) is 2.58. The second-order valence-corrected chi connectivity index (χ2v) is 5.51. The highest BCUT2D eigenvalue weighted by molar-refractivity contribution is 5.81. The predicted molar refractivity (Wildman–Crippen MR) is 96.1 cm³/mol. The molecule has 1 amide bonds. The Bertz CT molecular complexity index is 704. The molecule has 2 rings (SSSR count). The Morgan fingerprint density at radius 2 is 1.68 bits per heavy atom. The van der Waals surface area contributed by atoms with Gasteiger partial charge in [-0.25, -0.2) is 0 Å². The number of methoxy groups -OCH3 is 3. The summed E-state index contributed by atoms with van der Waals surface area (Å²) >= 11 is 0. The third-order valence-electron chi connectivity index (χ3n) is 3.87. The molecule has 0 radical (unpaired) electrons. The van der Waals surface area contributed by atoms with Crippen LogP contribution in [-0.4, -0.2) is 33.3 Å². The predicted octanol–water partition coefficient (Wildman–Crippen LogP) is 1.90. The first-order valence-electron chi connectivity index (χ1n) is 7.95. The van der Waals surface area contributed by atoms with E-state index in [0.29, 0.717) is 23.7 Å². The molecule has 0 fully saturated rings. The van der Waals surface area contributed by atoms with Crippen LogP contribution in [0.4, 0.5) is 0 Å². The van der Waals surface area contributed by atoms with Gasteiger partial charge in [0.25, 0.3) is 0 Å². The van der Waals surface area contributed by atoms with Crippen molar-refractivity contribution in [3.05, 3.63) is 53.6 Å². The van der Waals surface area contributed by atoms with Crippen molar-refractivity contribution in [2.24, 2.45) is 5.73 Å². The second kappa shape index (κ2) is 8.94. The van der Waals surface area contributed by atoms with Crippen molar-refractivity contribution in [1.82, 2.24) is 5.32 Å². The molecule has 0 aliphatic rings. The van der Waals surface area contributed by atoms with Crippen LogP contribution < -0.4 is 25.3 Å². The van der Waals surface area contributed by atoms with Gasteiger partial charge < -0.3 is 25.3 Å². The summed E-state index contributed by atoms with van der Waals surface area (Å²) in [5, 5.41) is 2.84. The lowest BCUT2D eigenvalue weighted by molar-refractivity contribution is -0.122. The third-order valence-corrected chi connectivity index (χ3v) is 3.87. The third kappa shape index (κ3) is 4.64. The van der Waals surface area contributed by atoms with E-state index in [1.165, 1.54) is 0 Å². The van der Waals surface area contributed by atoms with Gasteiger partial charge in [0.15, 0.2) is 11.5 Å². The van der Waals surface area contributed by atoms with Crippen molar-refractivity contribution >= 4 is 5.91 Å². The van der Waals surface area contributed by atoms with Gasteiger partial charge in [0.05, 0.1) is 27.4 Å². The van der Waals surface area contributed by atoms with Crippen LogP contribution in [0.25, 0.3) is 0 Å². The quantitative estimate of drug-likeness (QED) is 0.764. The lowest BCUT2D eigenvalue weighted by atomic mass is 10.1. The Balaban J connectivity index is 2.04. The summed E-state index contributed by atoms with van der Waals surface area (Å²) in [5.41, 5.74) is 7.80. The molecule has 0 aliphatic heterocycles. The minimum atomic E-state index is -0.617. The molecule has 6 nitrogen and oxygen atoms in total. The molecule has 0 spiro atoms. The summed E-state index contributed by atoms with van der Waals surface area (Å²) in [6.07, 6.45) is 0.482. The van der Waals surface area contributed by atoms with E-state index in [0.717, 1.165) is 11.1 Å². The first kappa shape index (κ1) is 18.6. The highest BCUT2D eigenvalue weighted by Gasteiger charge is 2.18. The van der Waals surface area contributed by atoms with Gasteiger partial charge in [0, 0.05) is 12.1 Å². The Morgan fingerprint density at radius 1 is 1.00 bits per heavy atom. The minimum absolute atomic E-state index is 0.222. The SMILES string of the molecule is COc1ccc(CNC(=O)[C@@H](N)Cc2ccccc2)c(OC)c1OC. The van der Waals surface area contributed by atoms with E-state index < -0.39 is 6.04 Å². The molecule has 25 heavy (non-hydrogen) atoms. The van der Waals surface area contributed by atoms with Crippen LogP contribution in [0.3, 0.4) is 0 Å². The van der Waals surface area contributed by atoms with Crippen LogP contribution in [0.1, 0.15) is 11.1 Å². The fraction of sp³-hybridized carbons (Fsp3) is 0.316. The summed E-state index contributed by atoms with van der Waals surface area (Å²) < 4.78 is 16.0. The largest absolute Gasteiger partial charge is 0.493 e. The van der Waals surface area contributed by atoms with Crippen LogP contribution in [0, 0.1) is 0 Å². The van der Waals surface area contributed by atoms with Crippen LogP contribution in [0.15, 0.2) is 42.5 Å². The molecule has 134 valence electrons. The maximum atomic E-state index is 12.3. The van der Waals surface area contributed by atoms with Gasteiger partial charge >= 0.3 is 0 Å². The molecule has 0 aromatic heterocycles. The number of carbonyl (C=O) groups excluding carboxylic acids is 1. The van der Waals surface area contributed by atoms with Gasteiger partial charge in [-0.05, 0) is 24.1 Å². The Hall–Kier alpha value is -2.73. The Kier molecular flexibility index (Phi) is 6.65. The number of amides is 1. The number of hydrogen-bond acceptors (Lipinski definition) is 5. The summed E-state index contributed by atoms with van der Waals surface area (Å²) in [6.45, 7) is 0.283. The Labute approximate surface area is 147 Å². The molecule has 0 unspecified atom stereocenters. The molecule has 6 heteroatoms. The van der Waals surface area contributed by atoms with Crippen LogP contribution in [0.2, 0.25) is 0 Å². The van der Waals surface area contributed by atoms with E-state index in [9.17, 15) is 4.79 Å². The van der Waals surface area contributed by atoms with E-state index >= 15 is 0 Å². The zero-order chi connectivity index (χ0) is 18.2. The molecule has 0 saturated heterocycles. The molecule has 3 N–H and O–H groups in total. The molecule has 0 aliphatic carbocycles. The van der Waals surface area contributed by atoms with Crippen molar-refractivity contribution in [2.45, 2.75) is 19.0 Å². The number of nitrogens with one attached hydrogen (secondary N) is 1. The van der Waals surface area contributed by atoms with Gasteiger partial charge in [-0.3, -0.25) is 4.79 Å². The van der Waals surface area contributed by atoms with Crippen molar-refractivity contribution in [3.8, 4) is 17.2 Å². The van der Waals surface area contributed by atoms with Crippen molar-refractivity contribution in [1.29, 1.82) is 0 Å². The fourth-order valence-corrected chi connectivity index (χ4v) is 2.58. The van der Waals surface area contributed by atoms with Crippen LogP contribution in [-0.2, 0) is 17.8 Å². The number of hydrogen-bond donors (Lipinski definition) is 2. The first-order chi connectivity index (χ1) is 12.1. The van der Waals surface area contributed by atoms with Gasteiger partial charge in [-0.2, -0.15) is 0 Å². The lowest BCUT2D eigenvalue weighted by Crippen LogP contribution is -2.41. The van der Waals surface area contributed by atoms with Crippen molar-refractivity contribution in [2.75, 3.05) is 21.3 Å². The monoisotopic (exact) mass is 344 g/mol. The number of carbonyl (C=O) groups is 1. The average Bonchev–Trinajstić information content (AvgIpc) is 2.65. The van der Waals surface area contributed by atoms with Crippen molar-refractivity contribution in [3.63, 3.8) is 0 Å². The highest BCUT2D eigenvalue weighted by Crippen LogP contribution is 2.39. The number of benzene rings is 2. The smallest absolute Gasteiger partial charge is 0.237 e. The normalized spacial score (nSPS) is 11.5. The summed E-state index contributed by atoms with van der Waals surface area (Å²) in [5.74, 6) is 1.36. The van der Waals surface area contributed by atoms with Gasteiger partial charge in [0.1, 0.15) is 0 Å². The molecule has 2 aromatic rings. The molecular formula is C19H24N2O4. The average molecular weight is 344 g/mol.